The van der Waals surface area contributed by atoms with Crippen molar-refractivity contribution in [2.24, 2.45) is 9.98 Å². The van der Waals surface area contributed by atoms with E-state index in [4.69, 9.17) is 14.5 Å². The first-order chi connectivity index (χ1) is 15.6. The van der Waals surface area contributed by atoms with Crippen molar-refractivity contribution >= 4 is 29.1 Å². The molecule has 32 heavy (non-hydrogen) atoms. The Morgan fingerprint density at radius 3 is 2.81 bits per heavy atom. The van der Waals surface area contributed by atoms with Crippen LogP contribution in [0.1, 0.15) is 35.2 Å². The second-order valence-corrected chi connectivity index (χ2v) is 7.25. The molecule has 2 aliphatic heterocycles. The maximum absolute atomic E-state index is 12.8. The molecule has 3 heterocycles. The van der Waals surface area contributed by atoms with Gasteiger partial charge in [0.05, 0.1) is 33.8 Å². The summed E-state index contributed by atoms with van der Waals surface area (Å²) in [5.41, 5.74) is 1.93. The quantitative estimate of drug-likeness (QED) is 0.338. The second kappa shape index (κ2) is 9.59. The van der Waals surface area contributed by atoms with Gasteiger partial charge in [0.15, 0.2) is 17.3 Å². The van der Waals surface area contributed by atoms with Crippen LogP contribution < -0.4 is 9.47 Å². The van der Waals surface area contributed by atoms with Crippen LogP contribution in [0.2, 0.25) is 0 Å². The predicted molar refractivity (Wildman–Crippen MR) is 118 cm³/mol. The molecule has 0 amide bonds. The molecule has 0 atom stereocenters. The lowest BCUT2D eigenvalue weighted by Crippen LogP contribution is -2.38. The molecule has 0 saturated heterocycles. The Hall–Kier alpha value is -3.75. The first-order valence-corrected chi connectivity index (χ1v) is 10.4. The van der Waals surface area contributed by atoms with Crippen molar-refractivity contribution in [2.45, 2.75) is 19.3 Å². The van der Waals surface area contributed by atoms with Gasteiger partial charge >= 0.3 is 5.97 Å². The zero-order valence-corrected chi connectivity index (χ0v) is 18.0. The number of carbonyl (C=O) groups excluding carboxylic acids is 2. The second-order valence-electron chi connectivity index (χ2n) is 7.25. The van der Waals surface area contributed by atoms with E-state index in [9.17, 15) is 9.59 Å². The summed E-state index contributed by atoms with van der Waals surface area (Å²) in [4.78, 5) is 39.7. The number of nitrogens with zero attached hydrogens (tertiary/aromatic N) is 4. The molecule has 9 nitrogen and oxygen atoms in total. The van der Waals surface area contributed by atoms with Crippen LogP contribution in [0.4, 0.5) is 5.69 Å². The number of aliphatic imine (C=N–C) groups is 2. The van der Waals surface area contributed by atoms with Crippen LogP contribution in [-0.4, -0.2) is 67.2 Å². The molecule has 0 unspecified atom stereocenters. The summed E-state index contributed by atoms with van der Waals surface area (Å²) < 4.78 is 16.2. The highest BCUT2D eigenvalue weighted by Gasteiger charge is 2.33. The van der Waals surface area contributed by atoms with Crippen LogP contribution in [0.15, 0.2) is 46.6 Å². The SMILES string of the molecule is COC(=O)CCCOc1c(OC)ccc2c1N=C(CC(=O)c1cccnc1)N1CCN=C21. The number of rotatable bonds is 9. The third-order valence-corrected chi connectivity index (χ3v) is 5.25. The Kier molecular flexibility index (Phi) is 6.44. The zero-order chi connectivity index (χ0) is 22.5. The van der Waals surface area contributed by atoms with Gasteiger partial charge in [0, 0.05) is 36.5 Å². The van der Waals surface area contributed by atoms with Gasteiger partial charge in [-0.25, -0.2) is 4.99 Å². The van der Waals surface area contributed by atoms with Gasteiger partial charge < -0.3 is 19.1 Å². The minimum atomic E-state index is -0.291. The lowest BCUT2D eigenvalue weighted by atomic mass is 10.0. The van der Waals surface area contributed by atoms with E-state index >= 15 is 0 Å². The van der Waals surface area contributed by atoms with Crippen molar-refractivity contribution in [3.8, 4) is 11.5 Å². The molecule has 0 radical (unpaired) electrons. The first kappa shape index (κ1) is 21.5. The molecule has 0 bridgehead atoms. The monoisotopic (exact) mass is 436 g/mol. The van der Waals surface area contributed by atoms with E-state index in [0.29, 0.717) is 48.1 Å². The van der Waals surface area contributed by atoms with E-state index in [2.05, 4.69) is 14.7 Å². The Balaban J connectivity index is 1.65. The lowest BCUT2D eigenvalue weighted by Gasteiger charge is -2.28. The summed E-state index contributed by atoms with van der Waals surface area (Å²) in [5, 5.41) is 0. The van der Waals surface area contributed by atoms with Crippen LogP contribution in [0, 0.1) is 0 Å². The molecule has 0 spiro atoms. The van der Waals surface area contributed by atoms with Gasteiger partial charge in [-0.05, 0) is 30.7 Å². The Labute approximate surface area is 185 Å². The van der Waals surface area contributed by atoms with Crippen molar-refractivity contribution in [3.63, 3.8) is 0 Å². The fraction of sp³-hybridized carbons (Fsp3) is 0.348. The molecule has 9 heteroatoms. The van der Waals surface area contributed by atoms with E-state index in [0.717, 1.165) is 11.4 Å². The summed E-state index contributed by atoms with van der Waals surface area (Å²) in [5.74, 6) is 2.00. The number of hydrogen-bond donors (Lipinski definition) is 0. The molecule has 0 N–H and O–H groups in total. The minimum Gasteiger partial charge on any atom is -0.493 e. The van der Waals surface area contributed by atoms with Gasteiger partial charge in [0.1, 0.15) is 17.4 Å². The first-order valence-electron chi connectivity index (χ1n) is 10.4. The number of benzene rings is 1. The highest BCUT2D eigenvalue weighted by Crippen LogP contribution is 2.43. The highest BCUT2D eigenvalue weighted by molar-refractivity contribution is 6.21. The highest BCUT2D eigenvalue weighted by atomic mass is 16.5. The minimum absolute atomic E-state index is 0.0741. The third-order valence-electron chi connectivity index (χ3n) is 5.25. The standard InChI is InChI=1S/C23H24N4O5/c1-30-18-8-7-16-21(22(18)32-12-4-6-20(29)31-2)26-19(27-11-10-25-23(16)27)13-17(28)15-5-3-9-24-14-15/h3,5,7-9,14H,4,6,10-13H2,1-2H3. The Morgan fingerprint density at radius 2 is 2.06 bits per heavy atom. The lowest BCUT2D eigenvalue weighted by molar-refractivity contribution is -0.140. The van der Waals surface area contributed by atoms with E-state index in [-0.39, 0.29) is 31.2 Å². The number of aromatic nitrogens is 1. The van der Waals surface area contributed by atoms with Crippen molar-refractivity contribution in [2.75, 3.05) is 33.9 Å². The molecule has 0 saturated carbocycles. The summed E-state index contributed by atoms with van der Waals surface area (Å²) in [6, 6.07) is 7.19. The van der Waals surface area contributed by atoms with Crippen LogP contribution in [0.25, 0.3) is 0 Å². The number of amidine groups is 2. The molecule has 166 valence electrons. The topological polar surface area (TPSA) is 103 Å². The van der Waals surface area contributed by atoms with E-state index in [1.807, 2.05) is 17.0 Å². The molecular formula is C23H24N4O5. The van der Waals surface area contributed by atoms with Gasteiger partial charge in [-0.1, -0.05) is 0 Å². The van der Waals surface area contributed by atoms with Crippen LogP contribution in [0.5, 0.6) is 11.5 Å². The van der Waals surface area contributed by atoms with E-state index in [1.54, 1.807) is 31.6 Å². The molecule has 2 aromatic rings. The molecule has 4 rings (SSSR count). The number of hydrogen-bond acceptors (Lipinski definition) is 9. The van der Waals surface area contributed by atoms with Crippen LogP contribution in [-0.2, 0) is 9.53 Å². The summed E-state index contributed by atoms with van der Waals surface area (Å²) >= 11 is 0. The average molecular weight is 436 g/mol. The Bertz CT molecular complexity index is 1080. The summed E-state index contributed by atoms with van der Waals surface area (Å²) in [6.07, 6.45) is 4.04. The van der Waals surface area contributed by atoms with E-state index in [1.165, 1.54) is 7.11 Å². The maximum atomic E-state index is 12.8. The fourth-order valence-corrected chi connectivity index (χ4v) is 3.66. The van der Waals surface area contributed by atoms with Gasteiger partial charge in [-0.3, -0.25) is 19.6 Å². The largest absolute Gasteiger partial charge is 0.493 e. The van der Waals surface area contributed by atoms with Crippen molar-refractivity contribution in [1.29, 1.82) is 0 Å². The molecule has 2 aliphatic rings. The van der Waals surface area contributed by atoms with Crippen LogP contribution in [0.3, 0.4) is 0 Å². The molecule has 1 aromatic heterocycles. The van der Waals surface area contributed by atoms with Gasteiger partial charge in [0.25, 0.3) is 0 Å². The third kappa shape index (κ3) is 4.32. The number of methoxy groups -OCH3 is 2. The number of pyridine rings is 1. The number of esters is 1. The zero-order valence-electron chi connectivity index (χ0n) is 18.0. The molecule has 1 aromatic carbocycles. The van der Waals surface area contributed by atoms with Gasteiger partial charge in [-0.2, -0.15) is 0 Å². The molecule has 0 aliphatic carbocycles. The van der Waals surface area contributed by atoms with Crippen molar-refractivity contribution in [3.05, 3.63) is 47.8 Å². The number of fused-ring (bicyclic) bond motifs is 3. The predicted octanol–water partition coefficient (Wildman–Crippen LogP) is 2.80. The van der Waals surface area contributed by atoms with Crippen LogP contribution >= 0.6 is 0 Å². The molecular weight excluding hydrogens is 412 g/mol. The number of Topliss-reactive ketones (excluding diaryl/α,β-unsaturated/α-hetero) is 1. The number of ether oxygens (including phenoxy) is 3. The van der Waals surface area contributed by atoms with Crippen molar-refractivity contribution < 1.29 is 23.8 Å². The summed E-state index contributed by atoms with van der Waals surface area (Å²) in [7, 11) is 2.92. The number of carbonyl (C=O) groups is 2. The van der Waals surface area contributed by atoms with Gasteiger partial charge in [0.2, 0.25) is 0 Å². The summed E-state index contributed by atoms with van der Waals surface area (Å²) in [6.45, 7) is 1.57. The Morgan fingerprint density at radius 1 is 1.19 bits per heavy atom. The number of ketones is 1. The maximum Gasteiger partial charge on any atom is 0.305 e. The molecule has 0 fully saturated rings. The normalized spacial score (nSPS) is 14.1. The average Bonchev–Trinajstić information content (AvgIpc) is 3.32. The van der Waals surface area contributed by atoms with E-state index < -0.39 is 0 Å². The van der Waals surface area contributed by atoms with Gasteiger partial charge in [-0.15, -0.1) is 0 Å². The fourth-order valence-electron chi connectivity index (χ4n) is 3.66. The van der Waals surface area contributed by atoms with Crippen molar-refractivity contribution in [1.82, 2.24) is 9.88 Å². The smallest absolute Gasteiger partial charge is 0.305 e.